The summed E-state index contributed by atoms with van der Waals surface area (Å²) in [5, 5.41) is 3.04. The third-order valence-electron chi connectivity index (χ3n) is 2.28. The van der Waals surface area contributed by atoms with E-state index in [1.165, 1.54) is 7.11 Å². The zero-order chi connectivity index (χ0) is 12.8. The SMILES string of the molecule is COC(=O)CCNC(=O)c1cccc(C)c1Cl. The van der Waals surface area contributed by atoms with E-state index in [2.05, 4.69) is 10.1 Å². The molecule has 0 unspecified atom stereocenters. The van der Waals surface area contributed by atoms with Crippen LogP contribution in [0, 0.1) is 6.92 Å². The lowest BCUT2D eigenvalue weighted by Crippen LogP contribution is -2.26. The van der Waals surface area contributed by atoms with Crippen LogP contribution in [0.1, 0.15) is 22.3 Å². The van der Waals surface area contributed by atoms with Crippen LogP contribution >= 0.6 is 11.6 Å². The predicted molar refractivity (Wildman–Crippen MR) is 65.2 cm³/mol. The second kappa shape index (κ2) is 6.25. The predicted octanol–water partition coefficient (Wildman–Crippen LogP) is 1.94. The van der Waals surface area contributed by atoms with E-state index < -0.39 is 0 Å². The van der Waals surface area contributed by atoms with Crippen LogP contribution in [0.15, 0.2) is 18.2 Å². The van der Waals surface area contributed by atoms with Gasteiger partial charge in [-0.1, -0.05) is 23.7 Å². The van der Waals surface area contributed by atoms with Crippen molar-refractivity contribution in [3.8, 4) is 0 Å². The number of hydrogen-bond donors (Lipinski definition) is 1. The number of methoxy groups -OCH3 is 1. The molecule has 0 spiro atoms. The van der Waals surface area contributed by atoms with Gasteiger partial charge in [0.05, 0.1) is 24.1 Å². The molecule has 1 aromatic rings. The van der Waals surface area contributed by atoms with Crippen LogP contribution in [-0.4, -0.2) is 25.5 Å². The molecule has 92 valence electrons. The summed E-state index contributed by atoms with van der Waals surface area (Å²) >= 11 is 6.00. The number of halogens is 1. The van der Waals surface area contributed by atoms with Gasteiger partial charge in [-0.3, -0.25) is 9.59 Å². The molecule has 1 amide bonds. The van der Waals surface area contributed by atoms with Crippen molar-refractivity contribution in [1.82, 2.24) is 5.32 Å². The Labute approximate surface area is 105 Å². The number of benzene rings is 1. The van der Waals surface area contributed by atoms with Gasteiger partial charge in [0.2, 0.25) is 0 Å². The lowest BCUT2D eigenvalue weighted by Gasteiger charge is -2.07. The highest BCUT2D eigenvalue weighted by Crippen LogP contribution is 2.19. The quantitative estimate of drug-likeness (QED) is 0.837. The molecule has 0 aliphatic carbocycles. The fourth-order valence-electron chi connectivity index (χ4n) is 1.30. The third kappa shape index (κ3) is 3.75. The number of aryl methyl sites for hydroxylation is 1. The third-order valence-corrected chi connectivity index (χ3v) is 2.78. The maximum atomic E-state index is 11.7. The molecular formula is C12H14ClNO3. The van der Waals surface area contributed by atoms with Crippen LogP contribution in [0.2, 0.25) is 5.02 Å². The molecule has 1 aromatic carbocycles. The minimum atomic E-state index is -0.361. The highest BCUT2D eigenvalue weighted by atomic mass is 35.5. The first-order chi connectivity index (χ1) is 8.06. The van der Waals surface area contributed by atoms with Crippen LogP contribution in [0.5, 0.6) is 0 Å². The molecule has 0 fully saturated rings. The Hall–Kier alpha value is -1.55. The molecule has 0 atom stereocenters. The zero-order valence-electron chi connectivity index (χ0n) is 9.75. The zero-order valence-corrected chi connectivity index (χ0v) is 10.5. The number of amides is 1. The highest BCUT2D eigenvalue weighted by molar-refractivity contribution is 6.34. The molecule has 4 nitrogen and oxygen atoms in total. The van der Waals surface area contributed by atoms with Gasteiger partial charge in [0.25, 0.3) is 5.91 Å². The van der Waals surface area contributed by atoms with Gasteiger partial charge in [-0.2, -0.15) is 0 Å². The Bertz CT molecular complexity index is 432. The highest BCUT2D eigenvalue weighted by Gasteiger charge is 2.11. The number of nitrogens with one attached hydrogen (secondary N) is 1. The van der Waals surface area contributed by atoms with E-state index in [-0.39, 0.29) is 24.8 Å². The van der Waals surface area contributed by atoms with Crippen molar-refractivity contribution in [2.45, 2.75) is 13.3 Å². The normalized spacial score (nSPS) is 9.82. The topological polar surface area (TPSA) is 55.4 Å². The molecule has 0 saturated carbocycles. The Morgan fingerprint density at radius 3 is 2.76 bits per heavy atom. The molecule has 1 rings (SSSR count). The monoisotopic (exact) mass is 255 g/mol. The van der Waals surface area contributed by atoms with E-state index in [0.29, 0.717) is 10.6 Å². The maximum absolute atomic E-state index is 11.7. The first-order valence-electron chi connectivity index (χ1n) is 5.16. The first-order valence-corrected chi connectivity index (χ1v) is 5.54. The van der Waals surface area contributed by atoms with Crippen LogP contribution in [0.3, 0.4) is 0 Å². The summed E-state index contributed by atoms with van der Waals surface area (Å²) < 4.78 is 4.46. The van der Waals surface area contributed by atoms with Crippen molar-refractivity contribution < 1.29 is 14.3 Å². The molecule has 0 aromatic heterocycles. The van der Waals surface area contributed by atoms with Gasteiger partial charge in [-0.15, -0.1) is 0 Å². The van der Waals surface area contributed by atoms with Gasteiger partial charge >= 0.3 is 5.97 Å². The minimum absolute atomic E-state index is 0.145. The van der Waals surface area contributed by atoms with Gasteiger partial charge in [-0.25, -0.2) is 0 Å². The van der Waals surface area contributed by atoms with Gasteiger partial charge in [0.15, 0.2) is 0 Å². The van der Waals surface area contributed by atoms with E-state index in [1.807, 2.05) is 13.0 Å². The standard InChI is InChI=1S/C12H14ClNO3/c1-8-4-3-5-9(11(8)13)12(16)14-7-6-10(15)17-2/h3-5H,6-7H2,1-2H3,(H,14,16). The Morgan fingerprint density at radius 2 is 2.12 bits per heavy atom. The molecule has 17 heavy (non-hydrogen) atoms. The van der Waals surface area contributed by atoms with Crippen molar-refractivity contribution in [2.75, 3.05) is 13.7 Å². The number of carbonyl (C=O) groups is 2. The van der Waals surface area contributed by atoms with Crippen molar-refractivity contribution in [3.05, 3.63) is 34.3 Å². The number of esters is 1. The summed E-state index contributed by atoms with van der Waals surface area (Å²) in [4.78, 5) is 22.6. The van der Waals surface area contributed by atoms with Crippen LogP contribution in [0.4, 0.5) is 0 Å². The van der Waals surface area contributed by atoms with E-state index in [0.717, 1.165) is 5.56 Å². The first kappa shape index (κ1) is 13.5. The average Bonchev–Trinajstić information content (AvgIpc) is 2.32. The van der Waals surface area contributed by atoms with Crippen LogP contribution < -0.4 is 5.32 Å². The average molecular weight is 256 g/mol. The molecular weight excluding hydrogens is 242 g/mol. The summed E-state index contributed by atoms with van der Waals surface area (Å²) in [7, 11) is 1.31. The molecule has 0 radical (unpaired) electrons. The molecule has 0 saturated heterocycles. The van der Waals surface area contributed by atoms with Crippen molar-refractivity contribution >= 4 is 23.5 Å². The summed E-state index contributed by atoms with van der Waals surface area (Å²) in [6, 6.07) is 5.23. The van der Waals surface area contributed by atoms with Gasteiger partial charge < -0.3 is 10.1 Å². The van der Waals surface area contributed by atoms with Crippen LogP contribution in [-0.2, 0) is 9.53 Å². The molecule has 0 aliphatic heterocycles. The number of hydrogen-bond acceptors (Lipinski definition) is 3. The molecule has 0 bridgehead atoms. The van der Waals surface area contributed by atoms with Crippen molar-refractivity contribution in [2.24, 2.45) is 0 Å². The van der Waals surface area contributed by atoms with Crippen molar-refractivity contribution in [3.63, 3.8) is 0 Å². The lowest BCUT2D eigenvalue weighted by molar-refractivity contribution is -0.140. The Kier molecular flexibility index (Phi) is 4.97. The van der Waals surface area contributed by atoms with Gasteiger partial charge in [-0.05, 0) is 18.6 Å². The second-order valence-electron chi connectivity index (χ2n) is 3.52. The summed E-state index contributed by atoms with van der Waals surface area (Å²) in [5.41, 5.74) is 1.25. The summed E-state index contributed by atoms with van der Waals surface area (Å²) in [6.45, 7) is 2.06. The molecule has 1 N–H and O–H groups in total. The van der Waals surface area contributed by atoms with Gasteiger partial charge in [0, 0.05) is 6.54 Å². The van der Waals surface area contributed by atoms with E-state index in [4.69, 9.17) is 11.6 Å². The summed E-state index contributed by atoms with van der Waals surface area (Å²) in [5.74, 6) is -0.650. The Morgan fingerprint density at radius 1 is 1.41 bits per heavy atom. The second-order valence-corrected chi connectivity index (χ2v) is 3.90. The minimum Gasteiger partial charge on any atom is -0.469 e. The Balaban J connectivity index is 2.59. The van der Waals surface area contributed by atoms with E-state index in [9.17, 15) is 9.59 Å². The number of carbonyl (C=O) groups excluding carboxylic acids is 2. The summed E-state index contributed by atoms with van der Waals surface area (Å²) in [6.07, 6.45) is 0.145. The number of rotatable bonds is 4. The largest absolute Gasteiger partial charge is 0.469 e. The smallest absolute Gasteiger partial charge is 0.307 e. The molecule has 0 aliphatic rings. The van der Waals surface area contributed by atoms with E-state index >= 15 is 0 Å². The lowest BCUT2D eigenvalue weighted by atomic mass is 10.1. The maximum Gasteiger partial charge on any atom is 0.307 e. The van der Waals surface area contributed by atoms with Crippen LogP contribution in [0.25, 0.3) is 0 Å². The fraction of sp³-hybridized carbons (Fsp3) is 0.333. The molecule has 0 heterocycles. The van der Waals surface area contributed by atoms with Crippen molar-refractivity contribution in [1.29, 1.82) is 0 Å². The fourth-order valence-corrected chi connectivity index (χ4v) is 1.51. The number of ether oxygens (including phenoxy) is 1. The van der Waals surface area contributed by atoms with E-state index in [1.54, 1.807) is 12.1 Å². The van der Waals surface area contributed by atoms with Gasteiger partial charge in [0.1, 0.15) is 0 Å². The molecule has 5 heteroatoms.